The number of halogens is 1. The van der Waals surface area contributed by atoms with Gasteiger partial charge in [-0.1, -0.05) is 34.1 Å². The number of nitrogens with one attached hydrogen (secondary N) is 1. The van der Waals surface area contributed by atoms with Gasteiger partial charge in [-0.25, -0.2) is 5.43 Å². The molecule has 0 aliphatic carbocycles. The van der Waals surface area contributed by atoms with E-state index in [1.54, 1.807) is 14.2 Å². The number of nitrogens with two attached hydrogens (primary N) is 1. The van der Waals surface area contributed by atoms with Gasteiger partial charge in [0.15, 0.2) is 11.5 Å². The lowest BCUT2D eigenvalue weighted by Crippen LogP contribution is -2.29. The van der Waals surface area contributed by atoms with Gasteiger partial charge in [0.25, 0.3) is 0 Å². The van der Waals surface area contributed by atoms with E-state index in [0.29, 0.717) is 11.5 Å². The normalized spacial score (nSPS) is 12.0. The van der Waals surface area contributed by atoms with Crippen molar-refractivity contribution in [3.8, 4) is 11.5 Å². The molecule has 0 aliphatic rings. The van der Waals surface area contributed by atoms with Gasteiger partial charge in [-0.15, -0.1) is 0 Å². The van der Waals surface area contributed by atoms with E-state index >= 15 is 0 Å². The second-order valence-electron chi connectivity index (χ2n) is 4.67. The molecule has 1 unspecified atom stereocenters. The van der Waals surface area contributed by atoms with E-state index < -0.39 is 0 Å². The van der Waals surface area contributed by atoms with E-state index in [4.69, 9.17) is 15.3 Å². The van der Waals surface area contributed by atoms with Crippen molar-refractivity contribution in [2.75, 3.05) is 14.2 Å². The average molecular weight is 351 g/mol. The van der Waals surface area contributed by atoms with Gasteiger partial charge in [0.1, 0.15) is 0 Å². The summed E-state index contributed by atoms with van der Waals surface area (Å²) < 4.78 is 11.7. The summed E-state index contributed by atoms with van der Waals surface area (Å²) in [5.74, 6) is 7.16. The summed E-state index contributed by atoms with van der Waals surface area (Å²) in [5, 5.41) is 0. The minimum absolute atomic E-state index is 0.123. The molecule has 21 heavy (non-hydrogen) atoms. The van der Waals surface area contributed by atoms with Crippen LogP contribution in [-0.2, 0) is 0 Å². The zero-order chi connectivity index (χ0) is 15.4. The van der Waals surface area contributed by atoms with Crippen LogP contribution in [0.25, 0.3) is 0 Å². The van der Waals surface area contributed by atoms with Crippen LogP contribution >= 0.6 is 15.9 Å². The van der Waals surface area contributed by atoms with Crippen LogP contribution in [0.15, 0.2) is 40.9 Å². The van der Waals surface area contributed by atoms with Crippen LogP contribution in [0.1, 0.15) is 22.7 Å². The van der Waals surface area contributed by atoms with Crippen molar-refractivity contribution >= 4 is 15.9 Å². The summed E-state index contributed by atoms with van der Waals surface area (Å²) in [6, 6.07) is 11.7. The Kier molecular flexibility index (Phi) is 5.22. The fourth-order valence-corrected chi connectivity index (χ4v) is 2.72. The molecular weight excluding hydrogens is 332 g/mol. The molecule has 2 rings (SSSR count). The number of hydrogen-bond acceptors (Lipinski definition) is 4. The first-order valence-corrected chi connectivity index (χ1v) is 7.34. The second-order valence-corrected chi connectivity index (χ2v) is 5.52. The molecular formula is C16H19BrN2O2. The van der Waals surface area contributed by atoms with Gasteiger partial charge in [-0.3, -0.25) is 5.84 Å². The van der Waals surface area contributed by atoms with E-state index in [-0.39, 0.29) is 6.04 Å². The Morgan fingerprint density at radius 1 is 1.10 bits per heavy atom. The molecule has 0 heterocycles. The molecule has 4 nitrogen and oxygen atoms in total. The number of hydrogen-bond donors (Lipinski definition) is 2. The molecule has 0 aromatic heterocycles. The first kappa shape index (κ1) is 15.8. The Labute approximate surface area is 133 Å². The quantitative estimate of drug-likeness (QED) is 0.641. The maximum absolute atomic E-state index is 5.78. The first-order valence-electron chi connectivity index (χ1n) is 6.55. The van der Waals surface area contributed by atoms with Gasteiger partial charge in [0.2, 0.25) is 0 Å². The minimum Gasteiger partial charge on any atom is -0.493 e. The number of methoxy groups -OCH3 is 2. The van der Waals surface area contributed by atoms with Gasteiger partial charge in [-0.2, -0.15) is 0 Å². The Hall–Kier alpha value is -1.56. The number of hydrazine groups is 1. The van der Waals surface area contributed by atoms with Crippen molar-refractivity contribution < 1.29 is 9.47 Å². The van der Waals surface area contributed by atoms with Gasteiger partial charge in [0, 0.05) is 4.47 Å². The Bertz CT molecular complexity index is 632. The highest BCUT2D eigenvalue weighted by atomic mass is 79.9. The molecule has 0 spiro atoms. The molecule has 112 valence electrons. The molecule has 0 saturated heterocycles. The van der Waals surface area contributed by atoms with Crippen LogP contribution in [0.2, 0.25) is 0 Å². The summed E-state index contributed by atoms with van der Waals surface area (Å²) >= 11 is 3.55. The summed E-state index contributed by atoms with van der Waals surface area (Å²) in [5.41, 5.74) is 6.14. The molecule has 0 bridgehead atoms. The molecule has 0 amide bonds. The third-order valence-electron chi connectivity index (χ3n) is 3.53. The summed E-state index contributed by atoms with van der Waals surface area (Å²) in [7, 11) is 3.24. The predicted octanol–water partition coefficient (Wildman–Crippen LogP) is 3.33. The maximum atomic E-state index is 5.78. The topological polar surface area (TPSA) is 56.5 Å². The number of ether oxygens (including phenoxy) is 2. The maximum Gasteiger partial charge on any atom is 0.161 e. The van der Waals surface area contributed by atoms with Gasteiger partial charge < -0.3 is 9.47 Å². The number of rotatable bonds is 5. The molecule has 0 saturated carbocycles. The fourth-order valence-electron chi connectivity index (χ4n) is 2.33. The molecule has 2 aromatic carbocycles. The smallest absolute Gasteiger partial charge is 0.161 e. The highest BCUT2D eigenvalue weighted by Gasteiger charge is 2.17. The largest absolute Gasteiger partial charge is 0.493 e. The lowest BCUT2D eigenvalue weighted by atomic mass is 9.95. The van der Waals surface area contributed by atoms with Crippen molar-refractivity contribution in [1.29, 1.82) is 0 Å². The van der Waals surface area contributed by atoms with Crippen LogP contribution in [-0.4, -0.2) is 14.2 Å². The number of benzene rings is 2. The van der Waals surface area contributed by atoms with Crippen molar-refractivity contribution in [1.82, 2.24) is 5.43 Å². The minimum atomic E-state index is -0.123. The lowest BCUT2D eigenvalue weighted by molar-refractivity contribution is 0.354. The summed E-state index contributed by atoms with van der Waals surface area (Å²) in [4.78, 5) is 0. The van der Waals surface area contributed by atoms with Crippen LogP contribution < -0.4 is 20.7 Å². The lowest BCUT2D eigenvalue weighted by Gasteiger charge is -2.21. The molecule has 0 fully saturated rings. The van der Waals surface area contributed by atoms with E-state index in [1.807, 2.05) is 30.3 Å². The third kappa shape index (κ3) is 3.20. The van der Waals surface area contributed by atoms with Crippen molar-refractivity contribution in [3.05, 3.63) is 57.6 Å². The van der Waals surface area contributed by atoms with Gasteiger partial charge >= 0.3 is 0 Å². The molecule has 5 heteroatoms. The zero-order valence-electron chi connectivity index (χ0n) is 12.3. The van der Waals surface area contributed by atoms with E-state index in [2.05, 4.69) is 34.3 Å². The van der Waals surface area contributed by atoms with Crippen LogP contribution in [0.5, 0.6) is 11.5 Å². The molecule has 3 N–H and O–H groups in total. The average Bonchev–Trinajstić information content (AvgIpc) is 2.51. The Morgan fingerprint density at radius 3 is 2.43 bits per heavy atom. The second kappa shape index (κ2) is 6.93. The molecule has 1 atom stereocenters. The SMILES string of the molecule is COc1ccc(C(NN)c2cccc(Br)c2C)cc1OC. The van der Waals surface area contributed by atoms with Crippen molar-refractivity contribution in [2.24, 2.45) is 5.84 Å². The van der Waals surface area contributed by atoms with Crippen LogP contribution in [0.4, 0.5) is 0 Å². The monoisotopic (exact) mass is 350 g/mol. The molecule has 0 radical (unpaired) electrons. The predicted molar refractivity (Wildman–Crippen MR) is 87.6 cm³/mol. The summed E-state index contributed by atoms with van der Waals surface area (Å²) in [6.45, 7) is 2.06. The van der Waals surface area contributed by atoms with E-state index in [9.17, 15) is 0 Å². The van der Waals surface area contributed by atoms with Crippen molar-refractivity contribution in [2.45, 2.75) is 13.0 Å². The first-order chi connectivity index (χ1) is 10.1. The van der Waals surface area contributed by atoms with E-state index in [1.165, 1.54) is 0 Å². The highest BCUT2D eigenvalue weighted by molar-refractivity contribution is 9.10. The van der Waals surface area contributed by atoms with Gasteiger partial charge in [-0.05, 0) is 41.8 Å². The third-order valence-corrected chi connectivity index (χ3v) is 4.39. The van der Waals surface area contributed by atoms with Gasteiger partial charge in [0.05, 0.1) is 20.3 Å². The Balaban J connectivity index is 2.49. The van der Waals surface area contributed by atoms with Crippen LogP contribution in [0, 0.1) is 6.92 Å². The Morgan fingerprint density at radius 2 is 1.81 bits per heavy atom. The summed E-state index contributed by atoms with van der Waals surface area (Å²) in [6.07, 6.45) is 0. The molecule has 2 aromatic rings. The van der Waals surface area contributed by atoms with Crippen molar-refractivity contribution in [3.63, 3.8) is 0 Å². The van der Waals surface area contributed by atoms with Crippen LogP contribution in [0.3, 0.4) is 0 Å². The molecule has 0 aliphatic heterocycles. The standard InChI is InChI=1S/C16H19BrN2O2/c1-10-12(5-4-6-13(10)17)16(19-18)11-7-8-14(20-2)15(9-11)21-3/h4-9,16,19H,18H2,1-3H3. The highest BCUT2D eigenvalue weighted by Crippen LogP contribution is 2.34. The van der Waals surface area contributed by atoms with E-state index in [0.717, 1.165) is 21.2 Å². The zero-order valence-corrected chi connectivity index (χ0v) is 13.9. The fraction of sp³-hybridized carbons (Fsp3) is 0.250.